The summed E-state index contributed by atoms with van der Waals surface area (Å²) < 4.78 is 0. The lowest BCUT2D eigenvalue weighted by Crippen LogP contribution is -2.46. The predicted octanol–water partition coefficient (Wildman–Crippen LogP) is 2.78. The summed E-state index contributed by atoms with van der Waals surface area (Å²) >= 11 is 5.93. The molecule has 2 amide bonds. The Bertz CT molecular complexity index is 407. The third-order valence-corrected chi connectivity index (χ3v) is 2.76. The van der Waals surface area contributed by atoms with E-state index in [0.29, 0.717) is 5.02 Å². The standard InChI is InChI=1S/C12H17ClN2O2/c1-12(2,14-11(16)15(3)17-4)9-6-5-7-10(13)8-9/h5-8H,1-4H3,(H,14,16). The number of rotatable bonds is 3. The summed E-state index contributed by atoms with van der Waals surface area (Å²) in [7, 11) is 2.98. The summed E-state index contributed by atoms with van der Waals surface area (Å²) in [6.45, 7) is 3.81. The minimum Gasteiger partial charge on any atom is -0.327 e. The fourth-order valence-corrected chi connectivity index (χ4v) is 1.57. The molecule has 1 aromatic carbocycles. The average Bonchev–Trinajstić information content (AvgIpc) is 2.27. The van der Waals surface area contributed by atoms with Crippen molar-refractivity contribution in [2.75, 3.05) is 14.2 Å². The zero-order valence-electron chi connectivity index (χ0n) is 10.5. The highest BCUT2D eigenvalue weighted by Crippen LogP contribution is 2.23. The van der Waals surface area contributed by atoms with Crippen molar-refractivity contribution in [1.29, 1.82) is 0 Å². The van der Waals surface area contributed by atoms with Crippen LogP contribution in [0, 0.1) is 0 Å². The van der Waals surface area contributed by atoms with E-state index in [1.165, 1.54) is 7.11 Å². The molecule has 94 valence electrons. The Kier molecular flexibility index (Phi) is 4.37. The molecule has 0 aliphatic rings. The third kappa shape index (κ3) is 3.61. The minimum atomic E-state index is -0.519. The van der Waals surface area contributed by atoms with Gasteiger partial charge >= 0.3 is 6.03 Å². The van der Waals surface area contributed by atoms with Crippen LogP contribution in [0.3, 0.4) is 0 Å². The predicted molar refractivity (Wildman–Crippen MR) is 67.8 cm³/mol. The van der Waals surface area contributed by atoms with Gasteiger partial charge in [0.2, 0.25) is 0 Å². The number of carbonyl (C=O) groups excluding carboxylic acids is 1. The van der Waals surface area contributed by atoms with Crippen LogP contribution >= 0.6 is 11.6 Å². The highest BCUT2D eigenvalue weighted by molar-refractivity contribution is 6.30. The van der Waals surface area contributed by atoms with Gasteiger partial charge in [0.15, 0.2) is 0 Å². The van der Waals surface area contributed by atoms with E-state index in [0.717, 1.165) is 10.6 Å². The van der Waals surface area contributed by atoms with E-state index in [-0.39, 0.29) is 6.03 Å². The lowest BCUT2D eigenvalue weighted by atomic mass is 9.94. The average molecular weight is 257 g/mol. The molecule has 1 N–H and O–H groups in total. The number of carbonyl (C=O) groups is 1. The molecule has 0 heterocycles. The Morgan fingerprint density at radius 1 is 1.47 bits per heavy atom. The number of benzene rings is 1. The summed E-state index contributed by atoms with van der Waals surface area (Å²) in [6, 6.07) is 7.08. The van der Waals surface area contributed by atoms with Gasteiger partial charge in [0.1, 0.15) is 0 Å². The second-order valence-corrected chi connectivity index (χ2v) is 4.68. The van der Waals surface area contributed by atoms with Crippen molar-refractivity contribution < 1.29 is 9.63 Å². The fourth-order valence-electron chi connectivity index (χ4n) is 1.38. The summed E-state index contributed by atoms with van der Waals surface area (Å²) in [5.41, 5.74) is 0.414. The van der Waals surface area contributed by atoms with Gasteiger partial charge in [-0.15, -0.1) is 0 Å². The number of hydrogen-bond donors (Lipinski definition) is 1. The lowest BCUT2D eigenvalue weighted by molar-refractivity contribution is -0.0667. The molecule has 0 aliphatic heterocycles. The normalized spacial score (nSPS) is 11.1. The fraction of sp³-hybridized carbons (Fsp3) is 0.417. The molecule has 0 aliphatic carbocycles. The Morgan fingerprint density at radius 2 is 2.12 bits per heavy atom. The molecule has 0 unspecified atom stereocenters. The van der Waals surface area contributed by atoms with E-state index < -0.39 is 5.54 Å². The van der Waals surface area contributed by atoms with Crippen molar-refractivity contribution in [3.63, 3.8) is 0 Å². The summed E-state index contributed by atoms with van der Waals surface area (Å²) in [5, 5.41) is 4.63. The second kappa shape index (κ2) is 5.38. The first-order chi connectivity index (χ1) is 7.86. The van der Waals surface area contributed by atoms with Crippen molar-refractivity contribution in [2.45, 2.75) is 19.4 Å². The van der Waals surface area contributed by atoms with Crippen LogP contribution in [0.2, 0.25) is 5.02 Å². The summed E-state index contributed by atoms with van der Waals surface area (Å²) in [5.74, 6) is 0. The summed E-state index contributed by atoms with van der Waals surface area (Å²) in [6.07, 6.45) is 0. The molecule has 5 heteroatoms. The number of nitrogens with zero attached hydrogens (tertiary/aromatic N) is 1. The Labute approximate surface area is 106 Å². The maximum absolute atomic E-state index is 11.7. The number of hydrogen-bond acceptors (Lipinski definition) is 2. The van der Waals surface area contributed by atoms with E-state index in [9.17, 15) is 4.79 Å². The first-order valence-electron chi connectivity index (χ1n) is 5.23. The Morgan fingerprint density at radius 3 is 2.65 bits per heavy atom. The van der Waals surface area contributed by atoms with Gasteiger partial charge in [-0.2, -0.15) is 0 Å². The van der Waals surface area contributed by atoms with E-state index in [4.69, 9.17) is 16.4 Å². The molecular weight excluding hydrogens is 240 g/mol. The quantitative estimate of drug-likeness (QED) is 0.845. The number of hydroxylamine groups is 2. The zero-order valence-corrected chi connectivity index (χ0v) is 11.2. The van der Waals surface area contributed by atoms with Crippen molar-refractivity contribution >= 4 is 17.6 Å². The van der Waals surface area contributed by atoms with Gasteiger partial charge in [-0.05, 0) is 31.5 Å². The molecule has 1 rings (SSSR count). The monoisotopic (exact) mass is 256 g/mol. The number of nitrogens with one attached hydrogen (secondary N) is 1. The van der Waals surface area contributed by atoms with Gasteiger partial charge in [-0.25, -0.2) is 9.86 Å². The molecule has 1 aromatic rings. The van der Waals surface area contributed by atoms with Crippen molar-refractivity contribution in [1.82, 2.24) is 10.4 Å². The molecule has 0 atom stereocenters. The van der Waals surface area contributed by atoms with Crippen LogP contribution in [0.15, 0.2) is 24.3 Å². The van der Waals surface area contributed by atoms with Gasteiger partial charge in [0.05, 0.1) is 12.6 Å². The SMILES string of the molecule is CON(C)C(=O)NC(C)(C)c1cccc(Cl)c1. The highest BCUT2D eigenvalue weighted by Gasteiger charge is 2.24. The van der Waals surface area contributed by atoms with Crippen molar-refractivity contribution in [2.24, 2.45) is 0 Å². The first kappa shape index (κ1) is 13.8. The minimum absolute atomic E-state index is 0.308. The van der Waals surface area contributed by atoms with Crippen LogP contribution in [0.4, 0.5) is 4.79 Å². The second-order valence-electron chi connectivity index (χ2n) is 4.25. The molecule has 0 aromatic heterocycles. The molecule has 4 nitrogen and oxygen atoms in total. The maximum atomic E-state index is 11.7. The number of amides is 2. The lowest BCUT2D eigenvalue weighted by Gasteiger charge is -2.29. The van der Waals surface area contributed by atoms with Crippen LogP contribution in [-0.4, -0.2) is 25.3 Å². The molecule has 0 saturated carbocycles. The van der Waals surface area contributed by atoms with Crippen LogP contribution in [0.5, 0.6) is 0 Å². The molecule has 0 fully saturated rings. The molecule has 0 saturated heterocycles. The molecule has 0 radical (unpaired) electrons. The molecule has 0 spiro atoms. The smallest absolute Gasteiger partial charge is 0.327 e. The van der Waals surface area contributed by atoms with Crippen LogP contribution < -0.4 is 5.32 Å². The third-order valence-electron chi connectivity index (χ3n) is 2.53. The van der Waals surface area contributed by atoms with Crippen molar-refractivity contribution in [3.8, 4) is 0 Å². The Hall–Kier alpha value is -1.26. The van der Waals surface area contributed by atoms with Gasteiger partial charge in [-0.3, -0.25) is 4.84 Å². The van der Waals surface area contributed by atoms with Crippen LogP contribution in [0.25, 0.3) is 0 Å². The molecular formula is C12H17ClN2O2. The van der Waals surface area contributed by atoms with Crippen molar-refractivity contribution in [3.05, 3.63) is 34.9 Å². The van der Waals surface area contributed by atoms with Crippen LogP contribution in [0.1, 0.15) is 19.4 Å². The van der Waals surface area contributed by atoms with E-state index >= 15 is 0 Å². The van der Waals surface area contributed by atoms with E-state index in [1.54, 1.807) is 13.1 Å². The topological polar surface area (TPSA) is 41.6 Å². The van der Waals surface area contributed by atoms with E-state index in [1.807, 2.05) is 32.0 Å². The zero-order chi connectivity index (χ0) is 13.1. The van der Waals surface area contributed by atoms with E-state index in [2.05, 4.69) is 5.32 Å². The first-order valence-corrected chi connectivity index (χ1v) is 5.60. The maximum Gasteiger partial charge on any atom is 0.341 e. The Balaban J connectivity index is 2.85. The van der Waals surface area contributed by atoms with Gasteiger partial charge in [-0.1, -0.05) is 23.7 Å². The van der Waals surface area contributed by atoms with Crippen LogP contribution in [-0.2, 0) is 10.4 Å². The highest BCUT2D eigenvalue weighted by atomic mass is 35.5. The molecule has 0 bridgehead atoms. The largest absolute Gasteiger partial charge is 0.341 e. The van der Waals surface area contributed by atoms with Gasteiger partial charge in [0.25, 0.3) is 0 Å². The number of urea groups is 1. The van der Waals surface area contributed by atoms with Gasteiger partial charge < -0.3 is 5.32 Å². The molecule has 17 heavy (non-hydrogen) atoms. The number of halogens is 1. The summed E-state index contributed by atoms with van der Waals surface area (Å²) in [4.78, 5) is 16.5. The van der Waals surface area contributed by atoms with Gasteiger partial charge in [0, 0.05) is 12.1 Å².